The lowest BCUT2D eigenvalue weighted by molar-refractivity contribution is 0.282. The van der Waals surface area contributed by atoms with Crippen LogP contribution in [0.1, 0.15) is 5.56 Å². The van der Waals surface area contributed by atoms with Crippen molar-refractivity contribution in [1.29, 1.82) is 0 Å². The highest BCUT2D eigenvalue weighted by molar-refractivity contribution is 5.59. The van der Waals surface area contributed by atoms with Crippen molar-refractivity contribution in [2.45, 2.75) is 6.61 Å². The van der Waals surface area contributed by atoms with Gasteiger partial charge < -0.3 is 5.11 Å². The van der Waals surface area contributed by atoms with Gasteiger partial charge >= 0.3 is 0 Å². The molecule has 0 atom stereocenters. The first-order valence-electron chi connectivity index (χ1n) is 4.36. The van der Waals surface area contributed by atoms with Crippen molar-refractivity contribution < 1.29 is 5.11 Å². The number of aliphatic hydroxyl groups is 1. The average molecular weight is 186 g/mol. The predicted octanol–water partition coefficient (Wildman–Crippen LogP) is 1.64. The fraction of sp³-hybridized carbons (Fsp3) is 0.0909. The summed E-state index contributed by atoms with van der Waals surface area (Å²) in [5, 5.41) is 8.98. The van der Waals surface area contributed by atoms with Gasteiger partial charge in [-0.25, -0.2) is 9.97 Å². The van der Waals surface area contributed by atoms with Crippen molar-refractivity contribution >= 4 is 0 Å². The fourth-order valence-corrected chi connectivity index (χ4v) is 1.29. The van der Waals surface area contributed by atoms with Gasteiger partial charge in [0.05, 0.1) is 12.3 Å². The van der Waals surface area contributed by atoms with Gasteiger partial charge in [-0.1, -0.05) is 18.2 Å². The number of benzene rings is 1. The minimum Gasteiger partial charge on any atom is -0.392 e. The van der Waals surface area contributed by atoms with E-state index in [1.54, 1.807) is 6.20 Å². The van der Waals surface area contributed by atoms with Gasteiger partial charge in [-0.3, -0.25) is 0 Å². The topological polar surface area (TPSA) is 46.0 Å². The normalized spacial score (nSPS) is 10.1. The third-order valence-corrected chi connectivity index (χ3v) is 1.99. The van der Waals surface area contributed by atoms with Gasteiger partial charge in [-0.2, -0.15) is 0 Å². The van der Waals surface area contributed by atoms with Crippen LogP contribution in [0.25, 0.3) is 11.3 Å². The summed E-state index contributed by atoms with van der Waals surface area (Å²) in [6.07, 6.45) is 3.22. The molecule has 0 saturated carbocycles. The summed E-state index contributed by atoms with van der Waals surface area (Å²) in [7, 11) is 0. The van der Waals surface area contributed by atoms with Crippen molar-refractivity contribution in [2.24, 2.45) is 0 Å². The molecule has 0 amide bonds. The molecule has 0 spiro atoms. The van der Waals surface area contributed by atoms with Crippen LogP contribution in [0.3, 0.4) is 0 Å². The first-order valence-corrected chi connectivity index (χ1v) is 4.36. The van der Waals surface area contributed by atoms with E-state index in [0.29, 0.717) is 0 Å². The number of nitrogens with zero attached hydrogens (tertiary/aromatic N) is 2. The van der Waals surface area contributed by atoms with Crippen LogP contribution in [-0.4, -0.2) is 15.1 Å². The van der Waals surface area contributed by atoms with Gasteiger partial charge in [0.25, 0.3) is 0 Å². The summed E-state index contributed by atoms with van der Waals surface area (Å²) in [6.45, 7) is 0.0545. The van der Waals surface area contributed by atoms with E-state index in [1.165, 1.54) is 6.33 Å². The summed E-state index contributed by atoms with van der Waals surface area (Å²) in [5.41, 5.74) is 2.76. The van der Waals surface area contributed by atoms with Gasteiger partial charge in [0.2, 0.25) is 0 Å². The first kappa shape index (κ1) is 8.84. The molecule has 0 fully saturated rings. The Hall–Kier alpha value is -1.74. The largest absolute Gasteiger partial charge is 0.392 e. The van der Waals surface area contributed by atoms with Crippen molar-refractivity contribution in [1.82, 2.24) is 9.97 Å². The zero-order valence-corrected chi connectivity index (χ0v) is 7.59. The zero-order valence-electron chi connectivity index (χ0n) is 7.59. The summed E-state index contributed by atoms with van der Waals surface area (Å²) in [5.74, 6) is 0. The van der Waals surface area contributed by atoms with Gasteiger partial charge in [-0.05, 0) is 17.7 Å². The molecule has 0 unspecified atom stereocenters. The number of hydrogen-bond donors (Lipinski definition) is 1. The first-order chi connectivity index (χ1) is 6.90. The molecular weight excluding hydrogens is 176 g/mol. The lowest BCUT2D eigenvalue weighted by atomic mass is 10.1. The SMILES string of the molecule is OCc1cccc(-c2ccncn2)c1. The molecular formula is C11H10N2O. The maximum Gasteiger partial charge on any atom is 0.116 e. The van der Waals surface area contributed by atoms with E-state index in [4.69, 9.17) is 5.11 Å². The fourth-order valence-electron chi connectivity index (χ4n) is 1.29. The van der Waals surface area contributed by atoms with Crippen LogP contribution in [0.5, 0.6) is 0 Å². The highest BCUT2D eigenvalue weighted by atomic mass is 16.3. The summed E-state index contributed by atoms with van der Waals surface area (Å²) >= 11 is 0. The summed E-state index contributed by atoms with van der Waals surface area (Å²) in [6, 6.07) is 9.51. The molecule has 1 aromatic carbocycles. The van der Waals surface area contributed by atoms with Crippen LogP contribution in [-0.2, 0) is 6.61 Å². The van der Waals surface area contributed by atoms with Gasteiger partial charge in [0, 0.05) is 11.8 Å². The van der Waals surface area contributed by atoms with Crippen LogP contribution in [0.15, 0.2) is 42.9 Å². The minimum atomic E-state index is 0.0545. The number of aromatic nitrogens is 2. The second-order valence-electron chi connectivity index (χ2n) is 2.95. The molecule has 2 aromatic rings. The van der Waals surface area contributed by atoms with Gasteiger partial charge in [0.1, 0.15) is 6.33 Å². The molecule has 0 aliphatic carbocycles. The number of aliphatic hydroxyl groups excluding tert-OH is 1. The van der Waals surface area contributed by atoms with E-state index in [1.807, 2.05) is 30.3 Å². The Morgan fingerprint density at radius 2 is 2.14 bits per heavy atom. The number of rotatable bonds is 2. The van der Waals surface area contributed by atoms with E-state index >= 15 is 0 Å². The molecule has 1 N–H and O–H groups in total. The van der Waals surface area contributed by atoms with Crippen molar-refractivity contribution in [3.8, 4) is 11.3 Å². The molecule has 2 rings (SSSR count). The minimum absolute atomic E-state index is 0.0545. The quantitative estimate of drug-likeness (QED) is 0.775. The van der Waals surface area contributed by atoms with Crippen LogP contribution in [0, 0.1) is 0 Å². The highest BCUT2D eigenvalue weighted by Crippen LogP contribution is 2.16. The van der Waals surface area contributed by atoms with E-state index in [2.05, 4.69) is 9.97 Å². The molecule has 70 valence electrons. The molecule has 0 bridgehead atoms. The lowest BCUT2D eigenvalue weighted by Gasteiger charge is -2.01. The summed E-state index contributed by atoms with van der Waals surface area (Å²) < 4.78 is 0. The lowest BCUT2D eigenvalue weighted by Crippen LogP contribution is -1.87. The van der Waals surface area contributed by atoms with E-state index in [0.717, 1.165) is 16.8 Å². The van der Waals surface area contributed by atoms with Crippen LogP contribution < -0.4 is 0 Å². The van der Waals surface area contributed by atoms with Crippen molar-refractivity contribution in [3.05, 3.63) is 48.4 Å². The Morgan fingerprint density at radius 1 is 1.21 bits per heavy atom. The van der Waals surface area contributed by atoms with Gasteiger partial charge in [0.15, 0.2) is 0 Å². The van der Waals surface area contributed by atoms with Crippen LogP contribution >= 0.6 is 0 Å². The van der Waals surface area contributed by atoms with Crippen molar-refractivity contribution in [2.75, 3.05) is 0 Å². The Morgan fingerprint density at radius 3 is 2.86 bits per heavy atom. The molecule has 1 aromatic heterocycles. The van der Waals surface area contributed by atoms with Crippen LogP contribution in [0.2, 0.25) is 0 Å². The molecule has 0 saturated heterocycles. The zero-order chi connectivity index (χ0) is 9.80. The van der Waals surface area contributed by atoms with E-state index < -0.39 is 0 Å². The van der Waals surface area contributed by atoms with Crippen LogP contribution in [0.4, 0.5) is 0 Å². The molecule has 0 radical (unpaired) electrons. The third-order valence-electron chi connectivity index (χ3n) is 1.99. The monoisotopic (exact) mass is 186 g/mol. The Labute approximate surface area is 82.1 Å². The number of hydrogen-bond acceptors (Lipinski definition) is 3. The molecule has 1 heterocycles. The Kier molecular flexibility index (Phi) is 2.51. The predicted molar refractivity (Wildman–Crippen MR) is 53.4 cm³/mol. The van der Waals surface area contributed by atoms with E-state index in [9.17, 15) is 0 Å². The van der Waals surface area contributed by atoms with E-state index in [-0.39, 0.29) is 6.61 Å². The smallest absolute Gasteiger partial charge is 0.116 e. The molecule has 3 heteroatoms. The second-order valence-corrected chi connectivity index (χ2v) is 2.95. The molecule has 0 aliphatic heterocycles. The highest BCUT2D eigenvalue weighted by Gasteiger charge is 1.98. The third kappa shape index (κ3) is 1.78. The maximum atomic E-state index is 8.98. The molecule has 14 heavy (non-hydrogen) atoms. The van der Waals surface area contributed by atoms with Crippen molar-refractivity contribution in [3.63, 3.8) is 0 Å². The second kappa shape index (κ2) is 3.98. The van der Waals surface area contributed by atoms with Gasteiger partial charge in [-0.15, -0.1) is 0 Å². The summed E-state index contributed by atoms with van der Waals surface area (Å²) in [4.78, 5) is 7.98. The molecule has 3 nitrogen and oxygen atoms in total. The Bertz CT molecular complexity index is 415. The standard InChI is InChI=1S/C11H10N2O/c14-7-9-2-1-3-10(6-9)11-4-5-12-8-13-11/h1-6,8,14H,7H2. The maximum absolute atomic E-state index is 8.98. The molecule has 0 aliphatic rings. The average Bonchev–Trinajstić information content (AvgIpc) is 2.30. The Balaban J connectivity index is 2.42.